The molecule has 2 unspecified atom stereocenters. The number of ketones is 1. The third-order valence-corrected chi connectivity index (χ3v) is 4.70. The number of nitrogens with one attached hydrogen (secondary N) is 3. The fourth-order valence-electron chi connectivity index (χ4n) is 3.03. The normalized spacial score (nSPS) is 12.6. The average Bonchev–Trinajstić information content (AvgIpc) is 2.75. The van der Waals surface area contributed by atoms with Crippen molar-refractivity contribution in [3.05, 3.63) is 42.5 Å². The number of hydrogen-bond acceptors (Lipinski definition) is 5. The molecular weight excluding hydrogens is 421 g/mol. The summed E-state index contributed by atoms with van der Waals surface area (Å²) in [5.41, 5.74) is 0.406. The van der Waals surface area contributed by atoms with E-state index >= 15 is 0 Å². The van der Waals surface area contributed by atoms with Gasteiger partial charge in [-0.3, -0.25) is 24.0 Å². The summed E-state index contributed by atoms with van der Waals surface area (Å²) in [5.74, 6) is -6.05. The summed E-state index contributed by atoms with van der Waals surface area (Å²) in [7, 11) is 0. The number of anilines is 1. The van der Waals surface area contributed by atoms with Gasteiger partial charge in [0, 0.05) is 11.1 Å². The predicted octanol–water partition coefficient (Wildman–Crippen LogP) is 1.42. The molecule has 0 bridgehead atoms. The fourth-order valence-corrected chi connectivity index (χ4v) is 3.03. The zero-order valence-corrected chi connectivity index (χ0v) is 17.6. The number of alkyl halides is 1. The van der Waals surface area contributed by atoms with Crippen LogP contribution in [0.3, 0.4) is 0 Å². The van der Waals surface area contributed by atoms with E-state index in [9.17, 15) is 28.4 Å². The molecule has 10 heteroatoms. The number of aliphatic carboxylic acids is 1. The quantitative estimate of drug-likeness (QED) is 0.430. The standard InChI is InChI=1S/C22H24FN3O6/c1-12(2)19(20(30)25-16(10-18(28)29)17(27)11-23)26-22(32)21(31)24-15-9-5-7-13-6-3-4-8-14(13)15/h3-9,12,16,19H,10-11H2,1-2H3,(H,24,31)(H,25,30)(H,26,32)(H,28,29). The van der Waals surface area contributed by atoms with Gasteiger partial charge in [-0.2, -0.15) is 0 Å². The van der Waals surface area contributed by atoms with Crippen LogP contribution in [-0.4, -0.2) is 53.3 Å². The largest absolute Gasteiger partial charge is 0.481 e. The van der Waals surface area contributed by atoms with E-state index in [2.05, 4.69) is 16.0 Å². The van der Waals surface area contributed by atoms with Crippen LogP contribution in [0.25, 0.3) is 10.8 Å². The zero-order valence-electron chi connectivity index (χ0n) is 17.6. The van der Waals surface area contributed by atoms with Crippen LogP contribution in [0.4, 0.5) is 10.1 Å². The molecule has 0 fully saturated rings. The van der Waals surface area contributed by atoms with Gasteiger partial charge >= 0.3 is 17.8 Å². The van der Waals surface area contributed by atoms with Crippen LogP contribution in [-0.2, 0) is 24.0 Å². The van der Waals surface area contributed by atoms with E-state index in [1.54, 1.807) is 38.1 Å². The molecule has 2 rings (SSSR count). The molecule has 0 aliphatic heterocycles. The van der Waals surface area contributed by atoms with Crippen LogP contribution in [0.15, 0.2) is 42.5 Å². The second kappa shape index (κ2) is 11.0. The molecule has 2 atom stereocenters. The number of Topliss-reactive ketones (excluding diaryl/α,β-unsaturated/α-hetero) is 1. The summed E-state index contributed by atoms with van der Waals surface area (Å²) in [6.07, 6.45) is -0.811. The second-order valence-electron chi connectivity index (χ2n) is 7.43. The third-order valence-electron chi connectivity index (χ3n) is 4.70. The monoisotopic (exact) mass is 445 g/mol. The van der Waals surface area contributed by atoms with Gasteiger partial charge in [0.25, 0.3) is 0 Å². The van der Waals surface area contributed by atoms with E-state index in [4.69, 9.17) is 5.11 Å². The lowest BCUT2D eigenvalue weighted by molar-refractivity contribution is -0.141. The number of hydrogen-bond donors (Lipinski definition) is 4. The third kappa shape index (κ3) is 6.34. The molecule has 0 aromatic heterocycles. The Morgan fingerprint density at radius 3 is 2.22 bits per heavy atom. The van der Waals surface area contributed by atoms with Gasteiger partial charge in [0.1, 0.15) is 18.8 Å². The predicted molar refractivity (Wildman–Crippen MR) is 115 cm³/mol. The van der Waals surface area contributed by atoms with Gasteiger partial charge in [0.15, 0.2) is 5.78 Å². The SMILES string of the molecule is CC(C)C(NC(=O)C(=O)Nc1cccc2ccccc12)C(=O)NC(CC(=O)O)C(=O)CF. The lowest BCUT2D eigenvalue weighted by atomic mass is 10.0. The first kappa shape index (κ1) is 24.4. The van der Waals surface area contributed by atoms with Crippen molar-refractivity contribution in [1.82, 2.24) is 10.6 Å². The number of benzene rings is 2. The molecule has 0 saturated heterocycles. The summed E-state index contributed by atoms with van der Waals surface area (Å²) in [5, 5.41) is 17.4. The number of carboxylic acid groups (broad SMARTS) is 1. The van der Waals surface area contributed by atoms with E-state index in [1.807, 2.05) is 18.2 Å². The Kier molecular flexibility index (Phi) is 8.39. The van der Waals surface area contributed by atoms with Gasteiger partial charge in [0.2, 0.25) is 5.91 Å². The topological polar surface area (TPSA) is 142 Å². The molecule has 170 valence electrons. The van der Waals surface area contributed by atoms with Crippen molar-refractivity contribution in [3.8, 4) is 0 Å². The summed E-state index contributed by atoms with van der Waals surface area (Å²) in [6, 6.07) is 9.56. The van der Waals surface area contributed by atoms with E-state index in [0.717, 1.165) is 10.8 Å². The van der Waals surface area contributed by atoms with Gasteiger partial charge in [0.05, 0.1) is 6.42 Å². The highest BCUT2D eigenvalue weighted by Crippen LogP contribution is 2.22. The Morgan fingerprint density at radius 2 is 1.59 bits per heavy atom. The Labute approximate surface area is 183 Å². The Balaban J connectivity index is 2.11. The van der Waals surface area contributed by atoms with Crippen LogP contribution in [0.1, 0.15) is 20.3 Å². The first-order valence-electron chi connectivity index (χ1n) is 9.84. The molecular formula is C22H24FN3O6. The van der Waals surface area contributed by atoms with E-state index in [-0.39, 0.29) is 0 Å². The van der Waals surface area contributed by atoms with Crippen LogP contribution < -0.4 is 16.0 Å². The van der Waals surface area contributed by atoms with Crippen LogP contribution in [0, 0.1) is 5.92 Å². The smallest absolute Gasteiger partial charge is 0.313 e. The Bertz CT molecular complexity index is 1030. The molecule has 0 heterocycles. The number of carboxylic acids is 1. The lowest BCUT2D eigenvalue weighted by Gasteiger charge is -2.24. The molecule has 2 aromatic carbocycles. The van der Waals surface area contributed by atoms with Crippen molar-refractivity contribution < 1.29 is 33.5 Å². The highest BCUT2D eigenvalue weighted by molar-refractivity contribution is 6.40. The summed E-state index contributed by atoms with van der Waals surface area (Å²) >= 11 is 0. The molecule has 32 heavy (non-hydrogen) atoms. The maximum absolute atomic E-state index is 12.7. The second-order valence-corrected chi connectivity index (χ2v) is 7.43. The van der Waals surface area contributed by atoms with Gasteiger partial charge in [-0.05, 0) is 17.4 Å². The first-order valence-corrected chi connectivity index (χ1v) is 9.84. The summed E-state index contributed by atoms with van der Waals surface area (Å²) in [6.45, 7) is 1.71. The van der Waals surface area contributed by atoms with E-state index < -0.39 is 60.6 Å². The molecule has 0 aliphatic carbocycles. The molecule has 0 aliphatic rings. The number of carbonyl (C=O) groups is 5. The Hall–Kier alpha value is -3.82. The molecule has 2 aromatic rings. The fraction of sp³-hybridized carbons (Fsp3) is 0.318. The van der Waals surface area contributed by atoms with E-state index in [1.165, 1.54) is 0 Å². The molecule has 4 N–H and O–H groups in total. The van der Waals surface area contributed by atoms with E-state index in [0.29, 0.717) is 5.69 Å². The minimum absolute atomic E-state index is 0.406. The van der Waals surface area contributed by atoms with Crippen LogP contribution in [0.5, 0.6) is 0 Å². The van der Waals surface area contributed by atoms with Crippen LogP contribution in [0.2, 0.25) is 0 Å². The van der Waals surface area contributed by atoms with Crippen molar-refractivity contribution in [2.24, 2.45) is 5.92 Å². The van der Waals surface area contributed by atoms with Crippen molar-refractivity contribution >= 4 is 45.9 Å². The highest BCUT2D eigenvalue weighted by atomic mass is 19.1. The molecule has 0 radical (unpaired) electrons. The molecule has 0 saturated carbocycles. The van der Waals surface area contributed by atoms with Crippen molar-refractivity contribution in [2.45, 2.75) is 32.4 Å². The Morgan fingerprint density at radius 1 is 0.938 bits per heavy atom. The van der Waals surface area contributed by atoms with Gasteiger partial charge in [-0.15, -0.1) is 0 Å². The van der Waals surface area contributed by atoms with Crippen molar-refractivity contribution in [2.75, 3.05) is 12.0 Å². The maximum atomic E-state index is 12.7. The molecule has 0 spiro atoms. The van der Waals surface area contributed by atoms with Crippen molar-refractivity contribution in [3.63, 3.8) is 0 Å². The molecule has 9 nitrogen and oxygen atoms in total. The van der Waals surface area contributed by atoms with Gasteiger partial charge < -0.3 is 21.1 Å². The minimum atomic E-state index is -1.59. The lowest BCUT2D eigenvalue weighted by Crippen LogP contribution is -2.55. The van der Waals surface area contributed by atoms with Gasteiger partial charge in [-0.1, -0.05) is 50.2 Å². The minimum Gasteiger partial charge on any atom is -0.481 e. The van der Waals surface area contributed by atoms with Crippen LogP contribution >= 0.6 is 0 Å². The first-order chi connectivity index (χ1) is 15.1. The number of halogens is 1. The molecule has 3 amide bonds. The highest BCUT2D eigenvalue weighted by Gasteiger charge is 2.31. The average molecular weight is 445 g/mol. The maximum Gasteiger partial charge on any atom is 0.313 e. The van der Waals surface area contributed by atoms with Crippen molar-refractivity contribution in [1.29, 1.82) is 0 Å². The van der Waals surface area contributed by atoms with Gasteiger partial charge in [-0.25, -0.2) is 4.39 Å². The zero-order chi connectivity index (χ0) is 23.8. The summed E-state index contributed by atoms with van der Waals surface area (Å²) in [4.78, 5) is 59.9. The number of amides is 3. The number of rotatable bonds is 9. The number of carbonyl (C=O) groups excluding carboxylic acids is 4. The summed E-state index contributed by atoms with van der Waals surface area (Å²) < 4.78 is 12.7. The number of fused-ring (bicyclic) bond motifs is 1.